The maximum atomic E-state index is 12.3. The Labute approximate surface area is 180 Å². The fourth-order valence-corrected chi connectivity index (χ4v) is 3.68. The summed E-state index contributed by atoms with van der Waals surface area (Å²) in [6, 6.07) is 17.8. The van der Waals surface area contributed by atoms with Crippen LogP contribution in [-0.2, 0) is 29.0 Å². The van der Waals surface area contributed by atoms with Crippen LogP contribution in [0.2, 0.25) is 0 Å². The molecule has 0 fully saturated rings. The van der Waals surface area contributed by atoms with Gasteiger partial charge in [-0.3, -0.25) is 4.79 Å². The lowest BCUT2D eigenvalue weighted by Gasteiger charge is -2.10. The van der Waals surface area contributed by atoms with Crippen LogP contribution in [0.5, 0.6) is 5.75 Å². The average molecular weight is 427 g/mol. The van der Waals surface area contributed by atoms with E-state index in [0.29, 0.717) is 26.1 Å². The van der Waals surface area contributed by atoms with Gasteiger partial charge in [0.05, 0.1) is 19.5 Å². The number of nitrogens with zero attached hydrogens (tertiary/aromatic N) is 3. The van der Waals surface area contributed by atoms with E-state index in [2.05, 4.69) is 27.6 Å². The summed E-state index contributed by atoms with van der Waals surface area (Å²) in [6.07, 6.45) is 0.682. The summed E-state index contributed by atoms with van der Waals surface area (Å²) in [4.78, 5) is 12.3. The number of thioether (sulfide) groups is 1. The third kappa shape index (κ3) is 6.33. The van der Waals surface area contributed by atoms with Crippen molar-refractivity contribution in [3.8, 4) is 5.75 Å². The molecule has 3 rings (SSSR count). The molecule has 0 aliphatic heterocycles. The summed E-state index contributed by atoms with van der Waals surface area (Å²) >= 11 is 1.38. The summed E-state index contributed by atoms with van der Waals surface area (Å²) in [5, 5.41) is 12.3. The van der Waals surface area contributed by atoms with Crippen LogP contribution in [0.1, 0.15) is 17.0 Å². The van der Waals surface area contributed by atoms with Gasteiger partial charge in [-0.25, -0.2) is 0 Å². The third-order valence-corrected chi connectivity index (χ3v) is 5.47. The number of carbonyl (C=O) groups excluding carboxylic acids is 1. The van der Waals surface area contributed by atoms with E-state index < -0.39 is 0 Å². The molecular weight excluding hydrogens is 400 g/mol. The van der Waals surface area contributed by atoms with E-state index in [1.165, 1.54) is 11.8 Å². The van der Waals surface area contributed by atoms with Crippen LogP contribution in [0.3, 0.4) is 0 Å². The van der Waals surface area contributed by atoms with Crippen LogP contribution < -0.4 is 10.1 Å². The number of amides is 1. The quantitative estimate of drug-likeness (QED) is 0.475. The normalized spacial score (nSPS) is 10.7. The van der Waals surface area contributed by atoms with Crippen LogP contribution in [0.25, 0.3) is 0 Å². The summed E-state index contributed by atoms with van der Waals surface area (Å²) in [6.45, 7) is 1.66. The number of nitrogens with one attached hydrogen (secondary N) is 1. The van der Waals surface area contributed by atoms with E-state index in [1.807, 2.05) is 47.0 Å². The van der Waals surface area contributed by atoms with Crippen molar-refractivity contribution in [1.29, 1.82) is 0 Å². The Kier molecular flexibility index (Phi) is 8.29. The molecule has 0 saturated carbocycles. The van der Waals surface area contributed by atoms with Gasteiger partial charge >= 0.3 is 0 Å². The fourth-order valence-electron chi connectivity index (χ4n) is 2.87. The lowest BCUT2D eigenvalue weighted by molar-refractivity contribution is -0.118. The van der Waals surface area contributed by atoms with Crippen molar-refractivity contribution in [3.63, 3.8) is 0 Å². The summed E-state index contributed by atoms with van der Waals surface area (Å²) in [7, 11) is 3.30. The number of benzene rings is 2. The second kappa shape index (κ2) is 11.4. The number of hydrogen-bond donors (Lipinski definition) is 1. The number of aromatic nitrogens is 3. The molecule has 0 saturated heterocycles. The van der Waals surface area contributed by atoms with E-state index in [4.69, 9.17) is 9.47 Å². The fraction of sp³-hybridized carbons (Fsp3) is 0.318. The van der Waals surface area contributed by atoms with E-state index in [-0.39, 0.29) is 11.7 Å². The van der Waals surface area contributed by atoms with Gasteiger partial charge in [0, 0.05) is 26.6 Å². The number of ether oxygens (including phenoxy) is 2. The maximum absolute atomic E-state index is 12.3. The zero-order valence-corrected chi connectivity index (χ0v) is 18.0. The predicted molar refractivity (Wildman–Crippen MR) is 117 cm³/mol. The summed E-state index contributed by atoms with van der Waals surface area (Å²) < 4.78 is 12.4. The standard InChI is InChI=1S/C22H26N4O3S/c1-28-13-12-26-20(14-17-6-4-3-5-7-17)24-25-22(26)30-16-21(27)23-15-18-8-10-19(29-2)11-9-18/h3-11H,12-16H2,1-2H3,(H,23,27). The SMILES string of the molecule is COCCn1c(Cc2ccccc2)nnc1SCC(=O)NCc1ccc(OC)cc1. The first kappa shape index (κ1) is 21.9. The van der Waals surface area contributed by atoms with Gasteiger partial charge in [-0.1, -0.05) is 54.2 Å². The van der Waals surface area contributed by atoms with Gasteiger partial charge in [0.25, 0.3) is 0 Å². The summed E-state index contributed by atoms with van der Waals surface area (Å²) in [5.74, 6) is 1.87. The monoisotopic (exact) mass is 426 g/mol. The highest BCUT2D eigenvalue weighted by molar-refractivity contribution is 7.99. The number of carbonyl (C=O) groups is 1. The van der Waals surface area contributed by atoms with Crippen molar-refractivity contribution in [3.05, 3.63) is 71.5 Å². The molecule has 8 heteroatoms. The van der Waals surface area contributed by atoms with E-state index in [9.17, 15) is 4.79 Å². The first-order valence-electron chi connectivity index (χ1n) is 9.67. The first-order chi connectivity index (χ1) is 14.7. The Morgan fingerprint density at radius 2 is 1.80 bits per heavy atom. The van der Waals surface area contributed by atoms with E-state index >= 15 is 0 Å². The minimum absolute atomic E-state index is 0.0540. The average Bonchev–Trinajstić information content (AvgIpc) is 3.17. The van der Waals surface area contributed by atoms with Gasteiger partial charge in [0.2, 0.25) is 5.91 Å². The molecule has 0 aliphatic carbocycles. The molecule has 7 nitrogen and oxygen atoms in total. The Morgan fingerprint density at radius 3 is 2.50 bits per heavy atom. The Morgan fingerprint density at radius 1 is 1.03 bits per heavy atom. The molecular formula is C22H26N4O3S. The Bertz CT molecular complexity index is 929. The molecule has 1 aromatic heterocycles. The Balaban J connectivity index is 1.57. The van der Waals surface area contributed by atoms with E-state index in [0.717, 1.165) is 27.9 Å². The van der Waals surface area contributed by atoms with Crippen molar-refractivity contribution < 1.29 is 14.3 Å². The second-order valence-corrected chi connectivity index (χ2v) is 7.56. The molecule has 2 aromatic carbocycles. The van der Waals surface area contributed by atoms with Crippen molar-refractivity contribution in [2.75, 3.05) is 26.6 Å². The highest BCUT2D eigenvalue weighted by Crippen LogP contribution is 2.19. The Hall–Kier alpha value is -2.84. The van der Waals surface area contributed by atoms with Crippen LogP contribution >= 0.6 is 11.8 Å². The number of hydrogen-bond acceptors (Lipinski definition) is 6. The molecule has 1 amide bonds. The first-order valence-corrected chi connectivity index (χ1v) is 10.7. The van der Waals surface area contributed by atoms with Crippen LogP contribution in [-0.4, -0.2) is 47.3 Å². The van der Waals surface area contributed by atoms with Crippen molar-refractivity contribution in [2.45, 2.75) is 24.7 Å². The second-order valence-electron chi connectivity index (χ2n) is 6.62. The van der Waals surface area contributed by atoms with Gasteiger partial charge in [-0.2, -0.15) is 0 Å². The van der Waals surface area contributed by atoms with Gasteiger partial charge in [0.15, 0.2) is 5.16 Å². The van der Waals surface area contributed by atoms with Crippen molar-refractivity contribution in [2.24, 2.45) is 0 Å². The van der Waals surface area contributed by atoms with Gasteiger partial charge in [-0.15, -0.1) is 10.2 Å². The molecule has 0 unspecified atom stereocenters. The molecule has 0 spiro atoms. The topological polar surface area (TPSA) is 78.3 Å². The molecule has 0 radical (unpaired) electrons. The highest BCUT2D eigenvalue weighted by Gasteiger charge is 2.14. The number of rotatable bonds is 11. The molecule has 0 atom stereocenters. The molecule has 0 aliphatic rings. The minimum atomic E-state index is -0.0540. The van der Waals surface area contributed by atoms with Gasteiger partial charge < -0.3 is 19.4 Å². The number of methoxy groups -OCH3 is 2. The zero-order valence-electron chi connectivity index (χ0n) is 17.2. The van der Waals surface area contributed by atoms with Crippen LogP contribution in [0.15, 0.2) is 59.8 Å². The molecule has 1 N–H and O–H groups in total. The third-order valence-electron chi connectivity index (χ3n) is 4.50. The van der Waals surface area contributed by atoms with Crippen molar-refractivity contribution >= 4 is 17.7 Å². The minimum Gasteiger partial charge on any atom is -0.497 e. The smallest absolute Gasteiger partial charge is 0.230 e. The van der Waals surface area contributed by atoms with E-state index in [1.54, 1.807) is 14.2 Å². The molecule has 158 valence electrons. The molecule has 3 aromatic rings. The summed E-state index contributed by atoms with van der Waals surface area (Å²) in [5.41, 5.74) is 2.18. The van der Waals surface area contributed by atoms with Crippen LogP contribution in [0.4, 0.5) is 0 Å². The predicted octanol–water partition coefficient (Wildman–Crippen LogP) is 2.93. The molecule has 30 heavy (non-hydrogen) atoms. The highest BCUT2D eigenvalue weighted by atomic mass is 32.2. The van der Waals surface area contributed by atoms with Crippen LogP contribution in [0, 0.1) is 0 Å². The lowest BCUT2D eigenvalue weighted by Crippen LogP contribution is -2.24. The lowest BCUT2D eigenvalue weighted by atomic mass is 10.1. The maximum Gasteiger partial charge on any atom is 0.230 e. The largest absolute Gasteiger partial charge is 0.497 e. The molecule has 1 heterocycles. The molecule has 0 bridgehead atoms. The van der Waals surface area contributed by atoms with Gasteiger partial charge in [0.1, 0.15) is 11.6 Å². The van der Waals surface area contributed by atoms with Gasteiger partial charge in [-0.05, 0) is 23.3 Å². The van der Waals surface area contributed by atoms with Crippen molar-refractivity contribution in [1.82, 2.24) is 20.1 Å². The zero-order chi connectivity index (χ0) is 21.2.